The van der Waals surface area contributed by atoms with Crippen LogP contribution in [0.2, 0.25) is 0 Å². The van der Waals surface area contributed by atoms with Gasteiger partial charge >= 0.3 is 5.56 Å². The predicted octanol–water partition coefficient (Wildman–Crippen LogP) is 0.709. The lowest BCUT2D eigenvalue weighted by Crippen LogP contribution is -2.36. The highest BCUT2D eigenvalue weighted by Crippen LogP contribution is 2.33. The summed E-state index contributed by atoms with van der Waals surface area (Å²) < 4.78 is 7.47. The van der Waals surface area contributed by atoms with E-state index in [0.717, 1.165) is 38.8 Å². The summed E-state index contributed by atoms with van der Waals surface area (Å²) in [6.45, 7) is 1.91. The van der Waals surface area contributed by atoms with Crippen LogP contribution in [0.25, 0.3) is 0 Å². The van der Waals surface area contributed by atoms with Crippen LogP contribution >= 0.6 is 0 Å². The number of hydrogen-bond donors (Lipinski definition) is 1. The van der Waals surface area contributed by atoms with Crippen molar-refractivity contribution in [1.82, 2.24) is 14.9 Å². The Bertz CT molecular complexity index is 447. The zero-order chi connectivity index (χ0) is 11.7. The molecule has 1 aliphatic heterocycles. The number of piperidine rings is 1. The lowest BCUT2D eigenvalue weighted by molar-refractivity contribution is 0.152. The van der Waals surface area contributed by atoms with Gasteiger partial charge in [0, 0.05) is 18.4 Å². The van der Waals surface area contributed by atoms with E-state index in [2.05, 4.69) is 10.3 Å². The molecule has 1 aromatic heterocycles. The van der Waals surface area contributed by atoms with E-state index in [1.165, 1.54) is 0 Å². The molecule has 0 spiro atoms. The van der Waals surface area contributed by atoms with Crippen LogP contribution in [-0.4, -0.2) is 28.7 Å². The van der Waals surface area contributed by atoms with Crippen molar-refractivity contribution in [2.75, 3.05) is 13.1 Å². The molecule has 2 heterocycles. The summed E-state index contributed by atoms with van der Waals surface area (Å²) in [4.78, 5) is 16.2. The van der Waals surface area contributed by atoms with Gasteiger partial charge in [-0.2, -0.15) is 0 Å². The highest BCUT2D eigenvalue weighted by Gasteiger charge is 2.26. The lowest BCUT2D eigenvalue weighted by Gasteiger charge is -2.23. The molecule has 1 aliphatic carbocycles. The van der Waals surface area contributed by atoms with Gasteiger partial charge in [-0.05, 0) is 38.8 Å². The van der Waals surface area contributed by atoms with Gasteiger partial charge in [0.15, 0.2) is 0 Å². The fourth-order valence-corrected chi connectivity index (χ4v) is 2.20. The van der Waals surface area contributed by atoms with E-state index in [1.54, 1.807) is 17.0 Å². The summed E-state index contributed by atoms with van der Waals surface area (Å²) in [5.41, 5.74) is -0.0754. The topological polar surface area (TPSA) is 56.1 Å². The molecule has 2 aliphatic rings. The molecule has 3 rings (SSSR count). The van der Waals surface area contributed by atoms with Crippen LogP contribution in [0.3, 0.4) is 0 Å². The molecule has 0 radical (unpaired) electrons. The number of hydrogen-bond acceptors (Lipinski definition) is 4. The van der Waals surface area contributed by atoms with Gasteiger partial charge in [-0.25, -0.2) is 4.98 Å². The molecule has 5 nitrogen and oxygen atoms in total. The Morgan fingerprint density at radius 3 is 2.76 bits per heavy atom. The fraction of sp³-hybridized carbons (Fsp3) is 0.667. The number of nitrogens with one attached hydrogen (secondary N) is 1. The molecule has 17 heavy (non-hydrogen) atoms. The molecule has 0 bridgehead atoms. The monoisotopic (exact) mass is 235 g/mol. The van der Waals surface area contributed by atoms with Crippen molar-refractivity contribution in [2.45, 2.75) is 37.8 Å². The summed E-state index contributed by atoms with van der Waals surface area (Å²) in [5, 5.41) is 3.27. The zero-order valence-electron chi connectivity index (χ0n) is 9.76. The van der Waals surface area contributed by atoms with Crippen molar-refractivity contribution in [3.8, 4) is 5.88 Å². The second kappa shape index (κ2) is 4.49. The summed E-state index contributed by atoms with van der Waals surface area (Å²) in [5.74, 6) is 0.270. The highest BCUT2D eigenvalue weighted by molar-refractivity contribution is 5.07. The van der Waals surface area contributed by atoms with Crippen LogP contribution in [0.5, 0.6) is 5.88 Å². The first-order valence-electron chi connectivity index (χ1n) is 6.29. The third-order valence-corrected chi connectivity index (χ3v) is 3.34. The molecule has 0 atom stereocenters. The largest absolute Gasteiger partial charge is 0.470 e. The Hall–Kier alpha value is -1.36. The lowest BCUT2D eigenvalue weighted by atomic mass is 10.1. The Balaban J connectivity index is 1.77. The number of nitrogens with zero attached hydrogens (tertiary/aromatic N) is 2. The van der Waals surface area contributed by atoms with Crippen molar-refractivity contribution in [3.63, 3.8) is 0 Å². The molecule has 5 heteroatoms. The van der Waals surface area contributed by atoms with E-state index in [4.69, 9.17) is 4.74 Å². The molecule has 0 aromatic carbocycles. The second-order valence-electron chi connectivity index (χ2n) is 4.74. The predicted molar refractivity (Wildman–Crippen MR) is 63.3 cm³/mol. The molecule has 1 aromatic rings. The molecule has 1 saturated carbocycles. The SMILES string of the molecule is O=c1c(OC2CCNCC2)nccn1C1CC1. The maximum atomic E-state index is 12.1. The van der Waals surface area contributed by atoms with Crippen molar-refractivity contribution in [3.05, 3.63) is 22.7 Å². The highest BCUT2D eigenvalue weighted by atomic mass is 16.5. The Morgan fingerprint density at radius 1 is 1.29 bits per heavy atom. The molecular weight excluding hydrogens is 218 g/mol. The summed E-state index contributed by atoms with van der Waals surface area (Å²) in [6.07, 6.45) is 7.63. The Kier molecular flexibility index (Phi) is 2.84. The first-order chi connectivity index (χ1) is 8.34. The van der Waals surface area contributed by atoms with Crippen molar-refractivity contribution < 1.29 is 4.74 Å². The van der Waals surface area contributed by atoms with E-state index in [-0.39, 0.29) is 17.5 Å². The van der Waals surface area contributed by atoms with E-state index in [1.807, 2.05) is 0 Å². The molecule has 0 unspecified atom stereocenters. The first kappa shape index (κ1) is 10.8. The molecule has 0 amide bonds. The van der Waals surface area contributed by atoms with Crippen LogP contribution in [0, 0.1) is 0 Å². The molecule has 1 N–H and O–H groups in total. The average Bonchev–Trinajstić information content (AvgIpc) is 3.17. The van der Waals surface area contributed by atoms with Crippen molar-refractivity contribution >= 4 is 0 Å². The minimum atomic E-state index is -0.0754. The smallest absolute Gasteiger partial charge is 0.313 e. The van der Waals surface area contributed by atoms with E-state index < -0.39 is 0 Å². The van der Waals surface area contributed by atoms with Gasteiger partial charge < -0.3 is 14.6 Å². The fourth-order valence-electron chi connectivity index (χ4n) is 2.20. The average molecular weight is 235 g/mol. The van der Waals surface area contributed by atoms with Crippen molar-refractivity contribution in [2.24, 2.45) is 0 Å². The number of aromatic nitrogens is 2. The molecule has 92 valence electrons. The molecule has 1 saturated heterocycles. The van der Waals surface area contributed by atoms with Gasteiger partial charge in [-0.3, -0.25) is 4.79 Å². The van der Waals surface area contributed by atoms with Gasteiger partial charge in [0.1, 0.15) is 6.10 Å². The van der Waals surface area contributed by atoms with Crippen LogP contribution in [0.4, 0.5) is 0 Å². The first-order valence-corrected chi connectivity index (χ1v) is 6.29. The van der Waals surface area contributed by atoms with Gasteiger partial charge in [0.05, 0.1) is 0 Å². The Morgan fingerprint density at radius 2 is 2.06 bits per heavy atom. The van der Waals surface area contributed by atoms with Gasteiger partial charge in [-0.15, -0.1) is 0 Å². The van der Waals surface area contributed by atoms with Crippen LogP contribution in [0.1, 0.15) is 31.7 Å². The number of rotatable bonds is 3. The molecular formula is C12H17N3O2. The minimum Gasteiger partial charge on any atom is -0.470 e. The maximum absolute atomic E-state index is 12.1. The van der Waals surface area contributed by atoms with Gasteiger partial charge in [0.25, 0.3) is 5.88 Å². The second-order valence-corrected chi connectivity index (χ2v) is 4.74. The van der Waals surface area contributed by atoms with E-state index in [0.29, 0.717) is 6.04 Å². The summed E-state index contributed by atoms with van der Waals surface area (Å²) in [7, 11) is 0. The third-order valence-electron chi connectivity index (χ3n) is 3.34. The van der Waals surface area contributed by atoms with Gasteiger partial charge in [0.2, 0.25) is 0 Å². The van der Waals surface area contributed by atoms with Crippen LogP contribution in [0.15, 0.2) is 17.2 Å². The zero-order valence-corrected chi connectivity index (χ0v) is 9.76. The maximum Gasteiger partial charge on any atom is 0.313 e. The quantitative estimate of drug-likeness (QED) is 0.838. The van der Waals surface area contributed by atoms with Crippen molar-refractivity contribution in [1.29, 1.82) is 0 Å². The van der Waals surface area contributed by atoms with Crippen LogP contribution in [-0.2, 0) is 0 Å². The Labute approximate surface area is 99.8 Å². The van der Waals surface area contributed by atoms with Crippen LogP contribution < -0.4 is 15.6 Å². The molecule has 2 fully saturated rings. The minimum absolute atomic E-state index is 0.0754. The number of ether oxygens (including phenoxy) is 1. The third kappa shape index (κ3) is 2.34. The normalized spacial score (nSPS) is 21.4. The standard InChI is InChI=1S/C12H17N3O2/c16-12-11(17-10-3-5-13-6-4-10)14-7-8-15(12)9-1-2-9/h7-10,13H,1-6H2. The summed E-state index contributed by atoms with van der Waals surface area (Å²) in [6, 6.07) is 0.376. The summed E-state index contributed by atoms with van der Waals surface area (Å²) >= 11 is 0. The van der Waals surface area contributed by atoms with E-state index >= 15 is 0 Å². The van der Waals surface area contributed by atoms with Gasteiger partial charge in [-0.1, -0.05) is 0 Å². The van der Waals surface area contributed by atoms with E-state index in [9.17, 15) is 4.79 Å².